The van der Waals surface area contributed by atoms with Crippen LogP contribution in [-0.4, -0.2) is 48.3 Å². The van der Waals surface area contributed by atoms with Gasteiger partial charge >= 0.3 is 0 Å². The maximum atomic E-state index is 12.9. The summed E-state index contributed by atoms with van der Waals surface area (Å²) in [5.41, 5.74) is 1.27. The number of likely N-dealkylation sites (N-methyl/N-ethyl adjacent to an activating group) is 1. The SMILES string of the molecule is CC(C)=CC1C(C(=O)N2CCCC2C(=O)N(C)C)C1(C)C. The van der Waals surface area contributed by atoms with E-state index in [0.717, 1.165) is 19.4 Å². The molecule has 3 unspecified atom stereocenters. The Labute approximate surface area is 128 Å². The van der Waals surface area contributed by atoms with Gasteiger partial charge in [0.2, 0.25) is 11.8 Å². The molecule has 0 spiro atoms. The molecule has 0 aromatic rings. The van der Waals surface area contributed by atoms with Crippen molar-refractivity contribution in [3.8, 4) is 0 Å². The lowest BCUT2D eigenvalue weighted by atomic mass is 10.1. The third-order valence-corrected chi connectivity index (χ3v) is 4.95. The fraction of sp³-hybridized carbons (Fsp3) is 0.765. The van der Waals surface area contributed by atoms with Crippen molar-refractivity contribution in [2.45, 2.75) is 46.6 Å². The zero-order valence-corrected chi connectivity index (χ0v) is 14.1. The van der Waals surface area contributed by atoms with E-state index in [-0.39, 0.29) is 29.2 Å². The second-order valence-corrected chi connectivity index (χ2v) is 7.49. The number of hydrogen-bond acceptors (Lipinski definition) is 2. The Balaban J connectivity index is 2.13. The molecule has 0 N–H and O–H groups in total. The van der Waals surface area contributed by atoms with Crippen LogP contribution in [0.3, 0.4) is 0 Å². The van der Waals surface area contributed by atoms with Crippen LogP contribution >= 0.6 is 0 Å². The summed E-state index contributed by atoms with van der Waals surface area (Å²) in [5.74, 6) is 0.562. The lowest BCUT2D eigenvalue weighted by Crippen LogP contribution is -2.46. The predicted octanol–water partition coefficient (Wildman–Crippen LogP) is 2.30. The molecular formula is C17H28N2O2. The second-order valence-electron chi connectivity index (χ2n) is 7.49. The minimum Gasteiger partial charge on any atom is -0.347 e. The molecule has 4 nitrogen and oxygen atoms in total. The molecule has 2 fully saturated rings. The fourth-order valence-electron chi connectivity index (χ4n) is 3.58. The van der Waals surface area contributed by atoms with Crippen LogP contribution in [0.25, 0.3) is 0 Å². The Morgan fingerprint density at radius 2 is 1.86 bits per heavy atom. The van der Waals surface area contributed by atoms with Gasteiger partial charge in [-0.05, 0) is 38.0 Å². The minimum absolute atomic E-state index is 0.0165. The molecule has 1 saturated heterocycles. The van der Waals surface area contributed by atoms with Gasteiger partial charge in [-0.1, -0.05) is 25.5 Å². The highest BCUT2D eigenvalue weighted by Crippen LogP contribution is 2.60. The van der Waals surface area contributed by atoms with Crippen molar-refractivity contribution in [2.75, 3.05) is 20.6 Å². The summed E-state index contributed by atoms with van der Waals surface area (Å²) in [6.45, 7) is 9.17. The minimum atomic E-state index is -0.253. The van der Waals surface area contributed by atoms with E-state index in [1.807, 2.05) is 4.90 Å². The number of likely N-dealkylation sites (tertiary alicyclic amines) is 1. The Bertz CT molecular complexity index is 475. The van der Waals surface area contributed by atoms with E-state index in [9.17, 15) is 9.59 Å². The zero-order valence-electron chi connectivity index (χ0n) is 14.1. The van der Waals surface area contributed by atoms with E-state index in [1.54, 1.807) is 19.0 Å². The van der Waals surface area contributed by atoms with Gasteiger partial charge in [0.05, 0.1) is 5.92 Å². The molecule has 1 aliphatic carbocycles. The van der Waals surface area contributed by atoms with Gasteiger partial charge in [0, 0.05) is 20.6 Å². The van der Waals surface area contributed by atoms with Crippen molar-refractivity contribution in [1.82, 2.24) is 9.80 Å². The van der Waals surface area contributed by atoms with Crippen LogP contribution in [0.2, 0.25) is 0 Å². The van der Waals surface area contributed by atoms with Crippen LogP contribution < -0.4 is 0 Å². The molecule has 21 heavy (non-hydrogen) atoms. The van der Waals surface area contributed by atoms with Gasteiger partial charge in [0.1, 0.15) is 6.04 Å². The number of hydrogen-bond donors (Lipinski definition) is 0. The van der Waals surface area contributed by atoms with Gasteiger partial charge in [-0.3, -0.25) is 9.59 Å². The number of carbonyl (C=O) groups is 2. The Morgan fingerprint density at radius 1 is 1.24 bits per heavy atom. The summed E-state index contributed by atoms with van der Waals surface area (Å²) < 4.78 is 0. The molecule has 4 heteroatoms. The molecule has 0 aromatic heterocycles. The summed E-state index contributed by atoms with van der Waals surface area (Å²) >= 11 is 0. The highest BCUT2D eigenvalue weighted by atomic mass is 16.2. The van der Waals surface area contributed by atoms with Crippen molar-refractivity contribution in [1.29, 1.82) is 0 Å². The molecule has 3 atom stereocenters. The fourth-order valence-corrected chi connectivity index (χ4v) is 3.58. The van der Waals surface area contributed by atoms with Crippen LogP contribution in [-0.2, 0) is 9.59 Å². The molecule has 2 aliphatic rings. The summed E-state index contributed by atoms with van der Waals surface area (Å²) in [7, 11) is 3.52. The molecule has 0 radical (unpaired) electrons. The quantitative estimate of drug-likeness (QED) is 0.749. The number of rotatable bonds is 3. The molecule has 118 valence electrons. The van der Waals surface area contributed by atoms with Crippen molar-refractivity contribution < 1.29 is 9.59 Å². The Hall–Kier alpha value is -1.32. The van der Waals surface area contributed by atoms with Gasteiger partial charge in [-0.2, -0.15) is 0 Å². The van der Waals surface area contributed by atoms with Crippen LogP contribution in [0.4, 0.5) is 0 Å². The maximum absolute atomic E-state index is 12.9. The van der Waals surface area contributed by atoms with Crippen molar-refractivity contribution in [2.24, 2.45) is 17.3 Å². The van der Waals surface area contributed by atoms with Crippen molar-refractivity contribution >= 4 is 11.8 Å². The van der Waals surface area contributed by atoms with Crippen molar-refractivity contribution in [3.63, 3.8) is 0 Å². The molecule has 0 aromatic carbocycles. The van der Waals surface area contributed by atoms with Crippen LogP contribution in [0, 0.1) is 17.3 Å². The lowest BCUT2D eigenvalue weighted by molar-refractivity contribution is -0.143. The van der Waals surface area contributed by atoms with Crippen LogP contribution in [0.15, 0.2) is 11.6 Å². The van der Waals surface area contributed by atoms with Gasteiger partial charge < -0.3 is 9.80 Å². The summed E-state index contributed by atoms with van der Waals surface area (Å²) in [4.78, 5) is 28.5. The monoisotopic (exact) mass is 292 g/mol. The normalized spacial score (nSPS) is 30.0. The molecule has 2 amide bonds. The van der Waals surface area contributed by atoms with Crippen LogP contribution in [0.1, 0.15) is 40.5 Å². The Morgan fingerprint density at radius 3 is 2.38 bits per heavy atom. The van der Waals surface area contributed by atoms with Crippen molar-refractivity contribution in [3.05, 3.63) is 11.6 Å². The third-order valence-electron chi connectivity index (χ3n) is 4.95. The van der Waals surface area contributed by atoms with E-state index in [2.05, 4.69) is 33.8 Å². The number of allylic oxidation sites excluding steroid dienone is 2. The van der Waals surface area contributed by atoms with Gasteiger partial charge in [0.25, 0.3) is 0 Å². The topological polar surface area (TPSA) is 40.6 Å². The zero-order chi connectivity index (χ0) is 15.9. The van der Waals surface area contributed by atoms with Gasteiger partial charge in [-0.15, -0.1) is 0 Å². The molecular weight excluding hydrogens is 264 g/mol. The van der Waals surface area contributed by atoms with Crippen LogP contribution in [0.5, 0.6) is 0 Å². The first-order valence-corrected chi connectivity index (χ1v) is 7.84. The predicted molar refractivity (Wildman–Crippen MR) is 83.6 cm³/mol. The van der Waals surface area contributed by atoms with E-state index in [0.29, 0.717) is 5.92 Å². The summed E-state index contributed by atoms with van der Waals surface area (Å²) in [6.07, 6.45) is 3.93. The van der Waals surface area contributed by atoms with Gasteiger partial charge in [-0.25, -0.2) is 0 Å². The van der Waals surface area contributed by atoms with E-state index in [4.69, 9.17) is 0 Å². The molecule has 0 bridgehead atoms. The first-order chi connectivity index (χ1) is 9.67. The first-order valence-electron chi connectivity index (χ1n) is 7.84. The standard InChI is InChI=1S/C17H28N2O2/c1-11(2)10-12-14(17(12,3)4)16(21)19-9-7-8-13(19)15(20)18(5)6/h10,12-14H,7-9H2,1-6H3. The average molecular weight is 292 g/mol. The average Bonchev–Trinajstić information content (AvgIpc) is 2.79. The Kier molecular flexibility index (Phi) is 4.18. The first kappa shape index (κ1) is 16.1. The third kappa shape index (κ3) is 2.85. The molecule has 1 saturated carbocycles. The highest BCUT2D eigenvalue weighted by Gasteiger charge is 2.62. The largest absolute Gasteiger partial charge is 0.347 e. The number of amides is 2. The smallest absolute Gasteiger partial charge is 0.244 e. The van der Waals surface area contributed by atoms with E-state index >= 15 is 0 Å². The van der Waals surface area contributed by atoms with E-state index in [1.165, 1.54) is 5.57 Å². The molecule has 1 aliphatic heterocycles. The molecule has 2 rings (SSSR count). The number of nitrogens with zero attached hydrogens (tertiary/aromatic N) is 2. The maximum Gasteiger partial charge on any atom is 0.244 e. The highest BCUT2D eigenvalue weighted by molar-refractivity contribution is 5.91. The van der Waals surface area contributed by atoms with E-state index < -0.39 is 0 Å². The van der Waals surface area contributed by atoms with Gasteiger partial charge in [0.15, 0.2) is 0 Å². The number of carbonyl (C=O) groups excluding carboxylic acids is 2. The lowest BCUT2D eigenvalue weighted by Gasteiger charge is -2.26. The molecule has 1 heterocycles. The summed E-state index contributed by atoms with van der Waals surface area (Å²) in [5, 5.41) is 0. The summed E-state index contributed by atoms with van der Waals surface area (Å²) in [6, 6.07) is -0.253. The second kappa shape index (κ2) is 5.47.